The predicted octanol–water partition coefficient (Wildman–Crippen LogP) is 8.52. The van der Waals surface area contributed by atoms with Crippen LogP contribution in [-0.4, -0.2) is 13.1 Å². The summed E-state index contributed by atoms with van der Waals surface area (Å²) in [6.07, 6.45) is 2.03. The van der Waals surface area contributed by atoms with E-state index in [4.69, 9.17) is 4.74 Å². The molecule has 150 valence electrons. The first-order chi connectivity index (χ1) is 14.5. The fraction of sp³-hybridized carbons (Fsp3) is 0.160. The quantitative estimate of drug-likeness (QED) is 0.119. The Hall–Kier alpha value is -1.69. The van der Waals surface area contributed by atoms with Crippen LogP contribution in [0.5, 0.6) is 0 Å². The van der Waals surface area contributed by atoms with Crippen LogP contribution >= 0.6 is 47.8 Å². The lowest BCUT2D eigenvalue weighted by Gasteiger charge is -2.18. The summed E-state index contributed by atoms with van der Waals surface area (Å²) in [5, 5.41) is 9.99. The lowest BCUT2D eigenvalue weighted by atomic mass is 9.87. The molecular formula is C25H17Br3O2. The number of fused-ring (bicyclic) bond motifs is 2. The average Bonchev–Trinajstić information content (AvgIpc) is 2.75. The maximum absolute atomic E-state index is 11.6. The van der Waals surface area contributed by atoms with Crippen LogP contribution in [0.2, 0.25) is 0 Å². The summed E-state index contributed by atoms with van der Waals surface area (Å²) in [7, 11) is 1.44. The fourth-order valence-electron chi connectivity index (χ4n) is 4.57. The van der Waals surface area contributed by atoms with Crippen LogP contribution in [0.3, 0.4) is 0 Å². The molecule has 30 heavy (non-hydrogen) atoms. The van der Waals surface area contributed by atoms with E-state index in [1.54, 1.807) is 0 Å². The molecular weight excluding hydrogens is 572 g/mol. The van der Waals surface area contributed by atoms with Gasteiger partial charge in [0.1, 0.15) is 0 Å². The molecule has 5 heteroatoms. The van der Waals surface area contributed by atoms with Crippen LogP contribution < -0.4 is 0 Å². The third kappa shape index (κ3) is 3.05. The fourth-order valence-corrected chi connectivity index (χ4v) is 6.51. The second kappa shape index (κ2) is 7.77. The lowest BCUT2D eigenvalue weighted by molar-refractivity contribution is -0.140. The van der Waals surface area contributed by atoms with Crippen LogP contribution in [0.25, 0.3) is 43.1 Å². The van der Waals surface area contributed by atoms with Crippen molar-refractivity contribution in [1.29, 1.82) is 0 Å². The number of carbonyl (C=O) groups is 1. The number of hydrogen-bond donors (Lipinski definition) is 0. The summed E-state index contributed by atoms with van der Waals surface area (Å²) in [4.78, 5) is 11.6. The summed E-state index contributed by atoms with van der Waals surface area (Å²) < 4.78 is 8.07. The Labute approximate surface area is 199 Å². The van der Waals surface area contributed by atoms with E-state index in [0.29, 0.717) is 6.42 Å². The Morgan fingerprint density at radius 2 is 1.17 bits per heavy atom. The number of rotatable bonds is 4. The van der Waals surface area contributed by atoms with E-state index in [-0.39, 0.29) is 5.97 Å². The summed E-state index contributed by atoms with van der Waals surface area (Å²) in [5.41, 5.74) is 1.25. The van der Waals surface area contributed by atoms with E-state index in [0.717, 1.165) is 26.3 Å². The molecule has 0 N–H and O–H groups in total. The Bertz CT molecular complexity index is 1400. The zero-order chi connectivity index (χ0) is 21.0. The van der Waals surface area contributed by atoms with Crippen LogP contribution in [0.1, 0.15) is 18.4 Å². The third-order valence-electron chi connectivity index (χ3n) is 5.89. The van der Waals surface area contributed by atoms with E-state index in [1.807, 2.05) is 0 Å². The van der Waals surface area contributed by atoms with Gasteiger partial charge in [-0.05, 0) is 68.9 Å². The van der Waals surface area contributed by atoms with E-state index in [1.165, 1.54) is 55.8 Å². The molecule has 5 aromatic rings. The van der Waals surface area contributed by atoms with Crippen molar-refractivity contribution in [1.82, 2.24) is 0 Å². The van der Waals surface area contributed by atoms with Gasteiger partial charge in [-0.15, -0.1) is 0 Å². The van der Waals surface area contributed by atoms with Gasteiger partial charge in [0.25, 0.3) is 0 Å². The number of aryl methyl sites for hydroxylation is 1. The number of hydrogen-bond acceptors (Lipinski definition) is 2. The van der Waals surface area contributed by atoms with Crippen molar-refractivity contribution in [2.45, 2.75) is 19.3 Å². The van der Waals surface area contributed by atoms with Gasteiger partial charge in [-0.1, -0.05) is 78.1 Å². The zero-order valence-corrected chi connectivity index (χ0v) is 20.9. The number of carbonyl (C=O) groups excluding carboxylic acids is 1. The van der Waals surface area contributed by atoms with E-state index in [9.17, 15) is 4.79 Å². The number of methoxy groups -OCH3 is 1. The van der Waals surface area contributed by atoms with Crippen LogP contribution in [-0.2, 0) is 16.0 Å². The van der Waals surface area contributed by atoms with Gasteiger partial charge in [0.2, 0.25) is 0 Å². The Morgan fingerprint density at radius 1 is 0.700 bits per heavy atom. The molecule has 0 spiro atoms. The van der Waals surface area contributed by atoms with Crippen molar-refractivity contribution >= 4 is 96.8 Å². The van der Waals surface area contributed by atoms with Gasteiger partial charge in [-0.25, -0.2) is 0 Å². The van der Waals surface area contributed by atoms with Gasteiger partial charge in [0.15, 0.2) is 0 Å². The molecule has 5 rings (SSSR count). The molecule has 0 heterocycles. The molecule has 0 fully saturated rings. The SMILES string of the molecule is COC(=O)CCCc1ccc2c3ccc(Br)c4c(Br)ccc(c5ccc(Br)c1c52)c43. The van der Waals surface area contributed by atoms with Gasteiger partial charge in [0.05, 0.1) is 7.11 Å². The van der Waals surface area contributed by atoms with Crippen LogP contribution in [0.4, 0.5) is 0 Å². The molecule has 0 saturated heterocycles. The van der Waals surface area contributed by atoms with Crippen LogP contribution in [0, 0.1) is 0 Å². The normalized spacial score (nSPS) is 11.9. The second-order valence-electron chi connectivity index (χ2n) is 7.49. The van der Waals surface area contributed by atoms with E-state index < -0.39 is 0 Å². The lowest BCUT2D eigenvalue weighted by Crippen LogP contribution is -2.01. The highest BCUT2D eigenvalue weighted by molar-refractivity contribution is 9.11. The Morgan fingerprint density at radius 3 is 1.70 bits per heavy atom. The molecule has 2 nitrogen and oxygen atoms in total. The highest BCUT2D eigenvalue weighted by Crippen LogP contribution is 2.46. The summed E-state index contributed by atoms with van der Waals surface area (Å²) in [5.74, 6) is -0.159. The van der Waals surface area contributed by atoms with Gasteiger partial charge >= 0.3 is 5.97 Å². The standard InChI is InChI=1S/C25H17Br3O2/c1-30-21(29)4-2-3-13-5-6-14-16-8-11-19(27)25-20(28)12-9-17(24(16)25)15-7-10-18(26)22(13)23(14)15/h5-12H,2-4H2,1H3. The number of esters is 1. The smallest absolute Gasteiger partial charge is 0.305 e. The van der Waals surface area contributed by atoms with Crippen molar-refractivity contribution in [3.05, 3.63) is 67.5 Å². The first-order valence-electron chi connectivity index (χ1n) is 9.73. The Kier molecular flexibility index (Phi) is 5.24. The van der Waals surface area contributed by atoms with Crippen molar-refractivity contribution in [2.75, 3.05) is 7.11 Å². The molecule has 0 bridgehead atoms. The monoisotopic (exact) mass is 586 g/mol. The molecule has 0 aromatic heterocycles. The molecule has 0 atom stereocenters. The first kappa shape index (κ1) is 20.2. The first-order valence-corrected chi connectivity index (χ1v) is 12.1. The minimum Gasteiger partial charge on any atom is -0.469 e. The van der Waals surface area contributed by atoms with Gasteiger partial charge < -0.3 is 4.74 Å². The van der Waals surface area contributed by atoms with E-state index in [2.05, 4.69) is 96.3 Å². The molecule has 0 unspecified atom stereocenters. The highest BCUT2D eigenvalue weighted by atomic mass is 79.9. The largest absolute Gasteiger partial charge is 0.469 e. The Balaban J connectivity index is 1.85. The molecule has 0 radical (unpaired) electrons. The van der Waals surface area contributed by atoms with Crippen molar-refractivity contribution in [3.63, 3.8) is 0 Å². The minimum absolute atomic E-state index is 0.159. The zero-order valence-electron chi connectivity index (χ0n) is 16.2. The molecule has 5 aromatic carbocycles. The van der Waals surface area contributed by atoms with Crippen molar-refractivity contribution in [3.8, 4) is 0 Å². The third-order valence-corrected chi connectivity index (χ3v) is 7.87. The molecule has 0 aliphatic carbocycles. The summed E-state index contributed by atoms with van der Waals surface area (Å²) >= 11 is 11.3. The maximum atomic E-state index is 11.6. The van der Waals surface area contributed by atoms with E-state index >= 15 is 0 Å². The number of ether oxygens (including phenoxy) is 1. The molecule has 0 aliphatic rings. The maximum Gasteiger partial charge on any atom is 0.305 e. The van der Waals surface area contributed by atoms with Gasteiger partial charge in [-0.2, -0.15) is 0 Å². The highest BCUT2D eigenvalue weighted by Gasteiger charge is 2.18. The number of halogens is 3. The van der Waals surface area contributed by atoms with Crippen molar-refractivity contribution in [2.24, 2.45) is 0 Å². The second-order valence-corrected chi connectivity index (χ2v) is 10.0. The van der Waals surface area contributed by atoms with Gasteiger partial charge in [0, 0.05) is 30.6 Å². The van der Waals surface area contributed by atoms with Crippen LogP contribution in [0.15, 0.2) is 61.9 Å². The number of benzene rings is 5. The predicted molar refractivity (Wildman–Crippen MR) is 136 cm³/mol. The average molecular weight is 589 g/mol. The molecule has 0 saturated carbocycles. The summed E-state index contributed by atoms with van der Waals surface area (Å²) in [6, 6.07) is 17.5. The molecule has 0 aliphatic heterocycles. The molecule has 0 amide bonds. The minimum atomic E-state index is -0.159. The van der Waals surface area contributed by atoms with Crippen molar-refractivity contribution < 1.29 is 9.53 Å². The topological polar surface area (TPSA) is 26.3 Å². The van der Waals surface area contributed by atoms with Gasteiger partial charge in [-0.3, -0.25) is 4.79 Å². The summed E-state index contributed by atoms with van der Waals surface area (Å²) in [6.45, 7) is 0.